The second kappa shape index (κ2) is 5.92. The highest BCUT2D eigenvalue weighted by atomic mass is 35.5. The second-order valence-corrected chi connectivity index (χ2v) is 6.28. The maximum absolute atomic E-state index is 5.94. The number of aromatic nitrogens is 1. The van der Waals surface area contributed by atoms with Crippen LogP contribution in [-0.4, -0.2) is 11.5 Å². The van der Waals surface area contributed by atoms with Crippen LogP contribution in [0, 0.1) is 0 Å². The van der Waals surface area contributed by atoms with Crippen molar-refractivity contribution >= 4 is 33.2 Å². The van der Waals surface area contributed by atoms with Crippen molar-refractivity contribution in [3.63, 3.8) is 0 Å². The van der Waals surface area contributed by atoms with Gasteiger partial charge in [0.15, 0.2) is 0 Å². The molecule has 2 aromatic carbocycles. The van der Waals surface area contributed by atoms with E-state index in [1.54, 1.807) is 11.3 Å². The Bertz CT molecular complexity index is 673. The van der Waals surface area contributed by atoms with Gasteiger partial charge in [-0.25, -0.2) is 4.98 Å². The summed E-state index contributed by atoms with van der Waals surface area (Å²) in [7, 11) is 0. The summed E-state index contributed by atoms with van der Waals surface area (Å²) in [5.74, 6) is 0.258. The molecule has 1 atom stereocenters. The average Bonchev–Trinajstić information content (AvgIpc) is 2.90. The third-order valence-corrected chi connectivity index (χ3v) is 4.79. The Kier molecular flexibility index (Phi) is 4.01. The minimum Gasteiger partial charge on any atom is -0.330 e. The maximum atomic E-state index is 5.94. The fourth-order valence-electron chi connectivity index (χ4n) is 2.24. The number of hydrogen-bond donors (Lipinski definition) is 1. The quantitative estimate of drug-likeness (QED) is 0.783. The smallest absolute Gasteiger partial charge is 0.0985 e. The zero-order valence-corrected chi connectivity index (χ0v) is 12.5. The Morgan fingerprint density at radius 1 is 1.10 bits per heavy atom. The van der Waals surface area contributed by atoms with Gasteiger partial charge in [-0.1, -0.05) is 35.9 Å². The molecule has 2 N–H and O–H groups in total. The lowest BCUT2D eigenvalue weighted by Gasteiger charge is -2.11. The second-order valence-electron chi connectivity index (χ2n) is 4.78. The molecule has 4 heteroatoms. The van der Waals surface area contributed by atoms with Crippen LogP contribution in [0.2, 0.25) is 5.02 Å². The van der Waals surface area contributed by atoms with Crippen molar-refractivity contribution in [1.82, 2.24) is 4.98 Å². The zero-order valence-electron chi connectivity index (χ0n) is 10.9. The molecule has 3 rings (SSSR count). The number of nitrogens with two attached hydrogens (primary N) is 1. The van der Waals surface area contributed by atoms with Gasteiger partial charge in [0, 0.05) is 17.5 Å². The summed E-state index contributed by atoms with van der Waals surface area (Å²) >= 11 is 7.65. The molecular weight excluding hydrogens is 288 g/mol. The molecule has 102 valence electrons. The molecule has 0 aliphatic heterocycles. The van der Waals surface area contributed by atoms with E-state index in [-0.39, 0.29) is 5.92 Å². The summed E-state index contributed by atoms with van der Waals surface area (Å²) in [4.78, 5) is 4.71. The van der Waals surface area contributed by atoms with Crippen molar-refractivity contribution in [2.45, 2.75) is 12.3 Å². The summed E-state index contributed by atoms with van der Waals surface area (Å²) in [6.45, 7) is 0.600. The first kappa shape index (κ1) is 13.6. The van der Waals surface area contributed by atoms with Gasteiger partial charge in [-0.15, -0.1) is 11.3 Å². The van der Waals surface area contributed by atoms with E-state index in [1.165, 1.54) is 10.3 Å². The largest absolute Gasteiger partial charge is 0.330 e. The SMILES string of the molecule is NCC(Cc1ccc(Cl)cc1)c1nc2ccccc2s1. The third kappa shape index (κ3) is 2.85. The number of thiazole rings is 1. The fraction of sp³-hybridized carbons (Fsp3) is 0.188. The van der Waals surface area contributed by atoms with E-state index in [9.17, 15) is 0 Å². The van der Waals surface area contributed by atoms with Gasteiger partial charge < -0.3 is 5.73 Å². The molecule has 0 saturated carbocycles. The highest BCUT2D eigenvalue weighted by Crippen LogP contribution is 2.29. The van der Waals surface area contributed by atoms with Gasteiger partial charge in [-0.05, 0) is 36.2 Å². The van der Waals surface area contributed by atoms with Crippen molar-refractivity contribution in [2.75, 3.05) is 6.54 Å². The van der Waals surface area contributed by atoms with Gasteiger partial charge in [0.25, 0.3) is 0 Å². The standard InChI is InChI=1S/C16H15ClN2S/c17-13-7-5-11(6-8-13)9-12(10-18)16-19-14-3-1-2-4-15(14)20-16/h1-8,12H,9-10,18H2. The highest BCUT2D eigenvalue weighted by Gasteiger charge is 2.15. The van der Waals surface area contributed by atoms with Crippen molar-refractivity contribution in [1.29, 1.82) is 0 Å². The minimum absolute atomic E-state index is 0.258. The number of hydrogen-bond acceptors (Lipinski definition) is 3. The molecule has 1 unspecified atom stereocenters. The number of nitrogens with zero attached hydrogens (tertiary/aromatic N) is 1. The summed E-state index contributed by atoms with van der Waals surface area (Å²) in [5, 5.41) is 1.88. The topological polar surface area (TPSA) is 38.9 Å². The number of halogens is 1. The molecule has 1 aromatic heterocycles. The first-order valence-electron chi connectivity index (χ1n) is 6.56. The molecular formula is C16H15ClN2S. The number of rotatable bonds is 4. The van der Waals surface area contributed by atoms with Crippen LogP contribution in [0.4, 0.5) is 0 Å². The Balaban J connectivity index is 1.87. The third-order valence-electron chi connectivity index (χ3n) is 3.34. The Labute approximate surface area is 127 Å². The van der Waals surface area contributed by atoms with Crippen LogP contribution in [0.5, 0.6) is 0 Å². The molecule has 20 heavy (non-hydrogen) atoms. The Morgan fingerprint density at radius 3 is 2.55 bits per heavy atom. The van der Waals surface area contributed by atoms with E-state index in [0.717, 1.165) is 22.0 Å². The lowest BCUT2D eigenvalue weighted by molar-refractivity contribution is 0.690. The van der Waals surface area contributed by atoms with Crippen molar-refractivity contribution in [3.05, 3.63) is 64.1 Å². The summed E-state index contributed by atoms with van der Waals surface area (Å²) < 4.78 is 1.22. The highest BCUT2D eigenvalue weighted by molar-refractivity contribution is 7.18. The van der Waals surface area contributed by atoms with E-state index >= 15 is 0 Å². The molecule has 2 nitrogen and oxygen atoms in total. The molecule has 0 amide bonds. The predicted molar refractivity (Wildman–Crippen MR) is 86.6 cm³/mol. The molecule has 3 aromatic rings. The van der Waals surface area contributed by atoms with Crippen LogP contribution in [0.15, 0.2) is 48.5 Å². The molecule has 0 bridgehead atoms. The lowest BCUT2D eigenvalue weighted by Crippen LogP contribution is -2.14. The molecule has 0 aliphatic carbocycles. The van der Waals surface area contributed by atoms with E-state index < -0.39 is 0 Å². The summed E-state index contributed by atoms with van der Waals surface area (Å²) in [6.07, 6.45) is 0.896. The molecule has 1 heterocycles. The van der Waals surface area contributed by atoms with E-state index in [1.807, 2.05) is 30.3 Å². The zero-order chi connectivity index (χ0) is 13.9. The Morgan fingerprint density at radius 2 is 1.85 bits per heavy atom. The van der Waals surface area contributed by atoms with Crippen LogP contribution in [-0.2, 0) is 6.42 Å². The van der Waals surface area contributed by atoms with E-state index in [0.29, 0.717) is 6.54 Å². The van der Waals surface area contributed by atoms with Crippen LogP contribution >= 0.6 is 22.9 Å². The predicted octanol–water partition coefficient (Wildman–Crippen LogP) is 4.23. The van der Waals surface area contributed by atoms with Crippen LogP contribution in [0.3, 0.4) is 0 Å². The fourth-order valence-corrected chi connectivity index (χ4v) is 3.45. The van der Waals surface area contributed by atoms with Gasteiger partial charge in [-0.2, -0.15) is 0 Å². The number of fused-ring (bicyclic) bond motifs is 1. The van der Waals surface area contributed by atoms with Crippen molar-refractivity contribution in [2.24, 2.45) is 5.73 Å². The van der Waals surface area contributed by atoms with E-state index in [2.05, 4.69) is 18.2 Å². The first-order valence-corrected chi connectivity index (χ1v) is 7.75. The van der Waals surface area contributed by atoms with Crippen LogP contribution < -0.4 is 5.73 Å². The molecule has 0 aliphatic rings. The minimum atomic E-state index is 0.258. The van der Waals surface area contributed by atoms with Gasteiger partial charge in [0.05, 0.1) is 15.2 Å². The maximum Gasteiger partial charge on any atom is 0.0985 e. The summed E-state index contributed by atoms with van der Waals surface area (Å²) in [5.41, 5.74) is 8.24. The van der Waals surface area contributed by atoms with Crippen LogP contribution in [0.25, 0.3) is 10.2 Å². The number of para-hydroxylation sites is 1. The first-order chi connectivity index (χ1) is 9.76. The van der Waals surface area contributed by atoms with E-state index in [4.69, 9.17) is 22.3 Å². The molecule has 0 fully saturated rings. The van der Waals surface area contributed by atoms with Gasteiger partial charge in [-0.3, -0.25) is 0 Å². The normalized spacial score (nSPS) is 12.7. The average molecular weight is 303 g/mol. The molecule has 0 saturated heterocycles. The molecule has 0 spiro atoms. The van der Waals surface area contributed by atoms with Gasteiger partial charge in [0.2, 0.25) is 0 Å². The molecule has 0 radical (unpaired) electrons. The monoisotopic (exact) mass is 302 g/mol. The van der Waals surface area contributed by atoms with Gasteiger partial charge >= 0.3 is 0 Å². The van der Waals surface area contributed by atoms with Crippen molar-refractivity contribution in [3.8, 4) is 0 Å². The lowest BCUT2D eigenvalue weighted by atomic mass is 10.0. The summed E-state index contributed by atoms with van der Waals surface area (Å²) in [6, 6.07) is 16.2. The Hall–Kier alpha value is -1.42. The van der Waals surface area contributed by atoms with Crippen molar-refractivity contribution < 1.29 is 0 Å². The number of benzene rings is 2. The van der Waals surface area contributed by atoms with Gasteiger partial charge in [0.1, 0.15) is 0 Å². The van der Waals surface area contributed by atoms with Crippen LogP contribution in [0.1, 0.15) is 16.5 Å².